The second-order valence-electron chi connectivity index (χ2n) is 8.31. The van der Waals surface area contributed by atoms with Crippen LogP contribution >= 0.6 is 11.6 Å². The summed E-state index contributed by atoms with van der Waals surface area (Å²) in [6.45, 7) is 1.05. The molecule has 33 heavy (non-hydrogen) atoms. The van der Waals surface area contributed by atoms with Crippen molar-refractivity contribution in [3.05, 3.63) is 68.6 Å². The van der Waals surface area contributed by atoms with Gasteiger partial charge in [-0.3, -0.25) is 14.4 Å². The summed E-state index contributed by atoms with van der Waals surface area (Å²) < 4.78 is 27.8. The van der Waals surface area contributed by atoms with E-state index in [1.54, 1.807) is 24.3 Å². The Labute approximate surface area is 196 Å². The Morgan fingerprint density at radius 3 is 2.48 bits per heavy atom. The number of fused-ring (bicyclic) bond motifs is 1. The fraction of sp³-hybridized carbons (Fsp3) is 0.409. The topological polar surface area (TPSA) is 118 Å². The first-order chi connectivity index (χ1) is 15.7. The number of nitrogens with one attached hydrogen (secondary N) is 2. The van der Waals surface area contributed by atoms with Crippen LogP contribution in [0.5, 0.6) is 0 Å². The molecule has 2 aliphatic rings. The molecule has 4 rings (SSSR count). The average Bonchev–Trinajstić information content (AvgIpc) is 3.58. The Kier molecular flexibility index (Phi) is 6.87. The monoisotopic (exact) mass is 492 g/mol. The molecule has 1 fully saturated rings. The lowest BCUT2D eigenvalue weighted by Crippen LogP contribution is -2.48. The van der Waals surface area contributed by atoms with Crippen molar-refractivity contribution in [3.63, 3.8) is 0 Å². The summed E-state index contributed by atoms with van der Waals surface area (Å²) in [6, 6.07) is 9.80. The van der Waals surface area contributed by atoms with Gasteiger partial charge in [0.15, 0.2) is 0 Å². The van der Waals surface area contributed by atoms with Crippen LogP contribution < -0.4 is 15.6 Å². The van der Waals surface area contributed by atoms with Crippen LogP contribution in [0.1, 0.15) is 39.3 Å². The number of rotatable bonds is 9. The molecule has 9 nitrogen and oxygen atoms in total. The van der Waals surface area contributed by atoms with Gasteiger partial charge in [0, 0.05) is 37.7 Å². The lowest BCUT2D eigenvalue weighted by Gasteiger charge is -2.29. The van der Waals surface area contributed by atoms with E-state index in [4.69, 9.17) is 11.6 Å². The van der Waals surface area contributed by atoms with Crippen molar-refractivity contribution in [1.29, 1.82) is 0 Å². The Morgan fingerprint density at radius 2 is 1.79 bits per heavy atom. The third-order valence-electron chi connectivity index (χ3n) is 5.74. The summed E-state index contributed by atoms with van der Waals surface area (Å²) in [4.78, 5) is 39.7. The fourth-order valence-corrected chi connectivity index (χ4v) is 5.33. The van der Waals surface area contributed by atoms with Gasteiger partial charge < -0.3 is 14.8 Å². The standard InChI is InChI=1S/C22H25ClN4O5S/c23-17-5-3-15(4-6-17)13-24-20(28)18-7-8-19-22(30)26(11-12-27(19)21(18)29)10-9-25-33(31,32)14-16-1-2-16/h3-8,16,25H,1-2,9-14H2,(H,24,28). The van der Waals surface area contributed by atoms with Gasteiger partial charge in [-0.25, -0.2) is 13.1 Å². The van der Waals surface area contributed by atoms with Crippen molar-refractivity contribution in [2.24, 2.45) is 5.92 Å². The number of sulfonamides is 1. The summed E-state index contributed by atoms with van der Waals surface area (Å²) in [6.07, 6.45) is 1.89. The van der Waals surface area contributed by atoms with Crippen LogP contribution in [0.15, 0.2) is 41.2 Å². The number of carbonyl (C=O) groups excluding carboxylic acids is 2. The number of hydrogen-bond acceptors (Lipinski definition) is 5. The van der Waals surface area contributed by atoms with E-state index in [0.29, 0.717) is 5.02 Å². The van der Waals surface area contributed by atoms with E-state index in [1.807, 2.05) is 0 Å². The van der Waals surface area contributed by atoms with Crippen molar-refractivity contribution in [2.75, 3.05) is 25.4 Å². The molecule has 0 unspecified atom stereocenters. The molecule has 1 aliphatic heterocycles. The van der Waals surface area contributed by atoms with Crippen LogP contribution in [0.2, 0.25) is 5.02 Å². The van der Waals surface area contributed by atoms with E-state index < -0.39 is 21.5 Å². The summed E-state index contributed by atoms with van der Waals surface area (Å²) in [5.41, 5.74) is 0.451. The summed E-state index contributed by atoms with van der Waals surface area (Å²) in [5.74, 6) is -0.518. The third kappa shape index (κ3) is 5.82. The molecule has 1 saturated carbocycles. The maximum atomic E-state index is 12.8. The Balaban J connectivity index is 1.37. The van der Waals surface area contributed by atoms with Crippen molar-refractivity contribution >= 4 is 33.4 Å². The number of hydrogen-bond donors (Lipinski definition) is 2. The Bertz CT molecular complexity index is 1220. The smallest absolute Gasteiger partial charge is 0.270 e. The van der Waals surface area contributed by atoms with Gasteiger partial charge in [-0.2, -0.15) is 0 Å². The van der Waals surface area contributed by atoms with Gasteiger partial charge in [0.25, 0.3) is 17.4 Å². The number of aromatic nitrogens is 1. The molecule has 11 heteroatoms. The van der Waals surface area contributed by atoms with Gasteiger partial charge in [-0.15, -0.1) is 0 Å². The number of benzene rings is 1. The lowest BCUT2D eigenvalue weighted by molar-refractivity contribution is 0.0702. The largest absolute Gasteiger partial charge is 0.348 e. The van der Waals surface area contributed by atoms with Gasteiger partial charge >= 0.3 is 0 Å². The molecule has 0 radical (unpaired) electrons. The summed E-state index contributed by atoms with van der Waals surface area (Å²) >= 11 is 5.86. The van der Waals surface area contributed by atoms with Crippen LogP contribution in [0.3, 0.4) is 0 Å². The molecular weight excluding hydrogens is 468 g/mol. The second kappa shape index (κ2) is 9.66. The van der Waals surface area contributed by atoms with E-state index in [-0.39, 0.29) is 61.6 Å². The molecule has 2 amide bonds. The van der Waals surface area contributed by atoms with Crippen LogP contribution in [-0.4, -0.2) is 55.1 Å². The van der Waals surface area contributed by atoms with E-state index in [2.05, 4.69) is 10.0 Å². The first-order valence-corrected chi connectivity index (χ1v) is 12.8. The molecule has 0 atom stereocenters. The second-order valence-corrected chi connectivity index (χ2v) is 10.6. The van der Waals surface area contributed by atoms with Crippen LogP contribution in [0.4, 0.5) is 0 Å². The fourth-order valence-electron chi connectivity index (χ4n) is 3.73. The quantitative estimate of drug-likeness (QED) is 0.545. The highest BCUT2D eigenvalue weighted by atomic mass is 35.5. The molecule has 0 saturated heterocycles. The minimum absolute atomic E-state index is 0.0400. The van der Waals surface area contributed by atoms with Crippen molar-refractivity contribution in [2.45, 2.75) is 25.9 Å². The Morgan fingerprint density at radius 1 is 1.06 bits per heavy atom. The van der Waals surface area contributed by atoms with Gasteiger partial charge in [0.2, 0.25) is 10.0 Å². The van der Waals surface area contributed by atoms with Crippen LogP contribution in [-0.2, 0) is 23.1 Å². The molecular formula is C22H25ClN4O5S. The van der Waals surface area contributed by atoms with Gasteiger partial charge in [-0.1, -0.05) is 23.7 Å². The van der Waals surface area contributed by atoms with E-state index >= 15 is 0 Å². The SMILES string of the molecule is O=C(NCc1ccc(Cl)cc1)c1ccc2n(c1=O)CCN(CCNS(=O)(=O)CC1CC1)C2=O. The van der Waals surface area contributed by atoms with Crippen molar-refractivity contribution in [1.82, 2.24) is 19.5 Å². The highest BCUT2D eigenvalue weighted by molar-refractivity contribution is 7.89. The van der Waals surface area contributed by atoms with Crippen molar-refractivity contribution in [3.8, 4) is 0 Å². The number of pyridine rings is 1. The molecule has 1 aromatic heterocycles. The van der Waals surface area contributed by atoms with Crippen molar-refractivity contribution < 1.29 is 18.0 Å². The molecule has 1 aromatic carbocycles. The van der Waals surface area contributed by atoms with Gasteiger partial charge in [0.1, 0.15) is 11.3 Å². The molecule has 2 N–H and O–H groups in total. The molecule has 176 valence electrons. The third-order valence-corrected chi connectivity index (χ3v) is 7.55. The predicted octanol–water partition coefficient (Wildman–Crippen LogP) is 1.22. The maximum absolute atomic E-state index is 12.8. The number of carbonyl (C=O) groups is 2. The predicted molar refractivity (Wildman–Crippen MR) is 124 cm³/mol. The molecule has 2 aromatic rings. The van der Waals surface area contributed by atoms with Gasteiger partial charge in [0.05, 0.1) is 5.75 Å². The first kappa shape index (κ1) is 23.5. The first-order valence-electron chi connectivity index (χ1n) is 10.8. The minimum Gasteiger partial charge on any atom is -0.348 e. The maximum Gasteiger partial charge on any atom is 0.270 e. The summed E-state index contributed by atoms with van der Waals surface area (Å²) in [5, 5.41) is 3.30. The zero-order chi connectivity index (χ0) is 23.6. The van der Waals surface area contributed by atoms with Crippen LogP contribution in [0.25, 0.3) is 0 Å². The minimum atomic E-state index is -3.34. The average molecular weight is 493 g/mol. The van der Waals surface area contributed by atoms with Crippen LogP contribution in [0, 0.1) is 5.92 Å². The number of nitrogens with zero attached hydrogens (tertiary/aromatic N) is 2. The highest BCUT2D eigenvalue weighted by Gasteiger charge is 2.29. The zero-order valence-electron chi connectivity index (χ0n) is 17.9. The molecule has 0 bridgehead atoms. The number of amides is 2. The molecule has 0 spiro atoms. The summed E-state index contributed by atoms with van der Waals surface area (Å²) in [7, 11) is -3.34. The van der Waals surface area contributed by atoms with E-state index in [1.165, 1.54) is 21.6 Å². The Hall–Kier alpha value is -2.69. The normalized spacial score (nSPS) is 15.9. The lowest BCUT2D eigenvalue weighted by atomic mass is 10.1. The zero-order valence-corrected chi connectivity index (χ0v) is 19.5. The number of halogens is 1. The highest BCUT2D eigenvalue weighted by Crippen LogP contribution is 2.29. The van der Waals surface area contributed by atoms with Gasteiger partial charge in [-0.05, 0) is 48.6 Å². The van der Waals surface area contributed by atoms with E-state index in [0.717, 1.165) is 18.4 Å². The van der Waals surface area contributed by atoms with E-state index in [9.17, 15) is 22.8 Å². The molecule has 1 aliphatic carbocycles. The molecule has 2 heterocycles.